The standard InChI is InChI=1S/C24H34N4O3/c1-17(2)25-24(30)26-21-10-11-22(27(4)5)20(15-21)16-28(12-13-31-6)23(29)19-9-7-8-18(3)14-19/h7-11,14-15,17H,12-13,16H2,1-6H3,(H2,25,26,30). The van der Waals surface area contributed by atoms with E-state index in [1.54, 1.807) is 12.0 Å². The molecule has 3 amide bonds. The van der Waals surface area contributed by atoms with Crippen molar-refractivity contribution < 1.29 is 14.3 Å². The molecule has 2 aromatic rings. The van der Waals surface area contributed by atoms with Crippen molar-refractivity contribution in [3.05, 3.63) is 59.2 Å². The molecule has 0 saturated carbocycles. The average Bonchev–Trinajstić information content (AvgIpc) is 2.69. The van der Waals surface area contributed by atoms with Gasteiger partial charge in [0.05, 0.1) is 6.61 Å². The van der Waals surface area contributed by atoms with Crippen molar-refractivity contribution in [2.45, 2.75) is 33.4 Å². The van der Waals surface area contributed by atoms with Gasteiger partial charge in [0.25, 0.3) is 5.91 Å². The van der Waals surface area contributed by atoms with Gasteiger partial charge in [0.15, 0.2) is 0 Å². The molecule has 2 rings (SSSR count). The van der Waals surface area contributed by atoms with E-state index in [1.807, 2.05) is 82.2 Å². The molecule has 0 aliphatic carbocycles. The minimum Gasteiger partial charge on any atom is -0.383 e. The zero-order valence-corrected chi connectivity index (χ0v) is 19.4. The summed E-state index contributed by atoms with van der Waals surface area (Å²) in [6.07, 6.45) is 0. The first-order chi connectivity index (χ1) is 14.7. The lowest BCUT2D eigenvalue weighted by Gasteiger charge is -2.26. The molecular formula is C24H34N4O3. The molecule has 168 valence electrons. The molecule has 7 nitrogen and oxygen atoms in total. The molecule has 0 bridgehead atoms. The van der Waals surface area contributed by atoms with Crippen LogP contribution in [0.3, 0.4) is 0 Å². The summed E-state index contributed by atoms with van der Waals surface area (Å²) < 4.78 is 5.24. The van der Waals surface area contributed by atoms with Crippen molar-refractivity contribution in [2.24, 2.45) is 0 Å². The zero-order valence-electron chi connectivity index (χ0n) is 19.4. The van der Waals surface area contributed by atoms with Crippen LogP contribution in [0.1, 0.15) is 35.3 Å². The number of hydrogen-bond acceptors (Lipinski definition) is 4. The molecule has 0 unspecified atom stereocenters. The highest BCUT2D eigenvalue weighted by Gasteiger charge is 2.19. The van der Waals surface area contributed by atoms with Gasteiger partial charge in [-0.1, -0.05) is 17.7 Å². The Morgan fingerprint density at radius 1 is 1.10 bits per heavy atom. The fourth-order valence-corrected chi connectivity index (χ4v) is 3.28. The smallest absolute Gasteiger partial charge is 0.319 e. The number of urea groups is 1. The number of aryl methyl sites for hydroxylation is 1. The molecule has 7 heteroatoms. The maximum Gasteiger partial charge on any atom is 0.319 e. The maximum absolute atomic E-state index is 13.2. The predicted molar refractivity (Wildman–Crippen MR) is 126 cm³/mol. The highest BCUT2D eigenvalue weighted by atomic mass is 16.5. The molecule has 2 aromatic carbocycles. The highest BCUT2D eigenvalue weighted by molar-refractivity contribution is 5.94. The first kappa shape index (κ1) is 24.2. The third-order valence-corrected chi connectivity index (χ3v) is 4.72. The van der Waals surface area contributed by atoms with Crippen LogP contribution in [-0.4, -0.2) is 57.2 Å². The van der Waals surface area contributed by atoms with Crippen LogP contribution in [0.15, 0.2) is 42.5 Å². The summed E-state index contributed by atoms with van der Waals surface area (Å²) in [5, 5.41) is 5.69. The van der Waals surface area contributed by atoms with Gasteiger partial charge in [-0.05, 0) is 56.7 Å². The lowest BCUT2D eigenvalue weighted by Crippen LogP contribution is -2.35. The van der Waals surface area contributed by atoms with E-state index in [0.29, 0.717) is 30.9 Å². The monoisotopic (exact) mass is 426 g/mol. The van der Waals surface area contributed by atoms with Crippen molar-refractivity contribution in [1.82, 2.24) is 10.2 Å². The number of anilines is 2. The second-order valence-corrected chi connectivity index (χ2v) is 8.08. The fourth-order valence-electron chi connectivity index (χ4n) is 3.28. The average molecular weight is 427 g/mol. The minimum absolute atomic E-state index is 0.0389. The van der Waals surface area contributed by atoms with Crippen molar-refractivity contribution in [3.63, 3.8) is 0 Å². The van der Waals surface area contributed by atoms with Gasteiger partial charge in [-0.15, -0.1) is 0 Å². The highest BCUT2D eigenvalue weighted by Crippen LogP contribution is 2.25. The molecule has 0 aromatic heterocycles. The molecule has 0 aliphatic rings. The van der Waals surface area contributed by atoms with Crippen molar-refractivity contribution in [1.29, 1.82) is 0 Å². The van der Waals surface area contributed by atoms with E-state index in [0.717, 1.165) is 16.8 Å². The molecule has 0 heterocycles. The molecule has 0 saturated heterocycles. The van der Waals surface area contributed by atoms with Crippen LogP contribution in [0.5, 0.6) is 0 Å². The number of amides is 3. The number of ether oxygens (including phenoxy) is 1. The lowest BCUT2D eigenvalue weighted by atomic mass is 10.1. The van der Waals surface area contributed by atoms with Gasteiger partial charge < -0.3 is 25.2 Å². The van der Waals surface area contributed by atoms with Gasteiger partial charge in [0, 0.05) is 57.3 Å². The van der Waals surface area contributed by atoms with E-state index < -0.39 is 0 Å². The van der Waals surface area contributed by atoms with E-state index in [2.05, 4.69) is 10.6 Å². The van der Waals surface area contributed by atoms with Crippen LogP contribution >= 0.6 is 0 Å². The largest absolute Gasteiger partial charge is 0.383 e. The molecule has 0 spiro atoms. The zero-order chi connectivity index (χ0) is 23.0. The van der Waals surface area contributed by atoms with Crippen LogP contribution in [0.25, 0.3) is 0 Å². The third-order valence-electron chi connectivity index (χ3n) is 4.72. The molecule has 0 aliphatic heterocycles. The van der Waals surface area contributed by atoms with Crippen LogP contribution in [0, 0.1) is 6.92 Å². The summed E-state index contributed by atoms with van der Waals surface area (Å²) in [5.41, 5.74) is 4.27. The molecule has 0 atom stereocenters. The minimum atomic E-state index is -0.259. The van der Waals surface area contributed by atoms with Crippen LogP contribution < -0.4 is 15.5 Å². The van der Waals surface area contributed by atoms with Gasteiger partial charge in [-0.25, -0.2) is 4.79 Å². The van der Waals surface area contributed by atoms with Crippen LogP contribution in [-0.2, 0) is 11.3 Å². The first-order valence-corrected chi connectivity index (χ1v) is 10.4. The summed E-state index contributed by atoms with van der Waals surface area (Å²) >= 11 is 0. The SMILES string of the molecule is COCCN(Cc1cc(NC(=O)NC(C)C)ccc1N(C)C)C(=O)c1cccc(C)c1. The number of carbonyl (C=O) groups is 2. The van der Waals surface area contributed by atoms with Gasteiger partial charge in [-0.3, -0.25) is 4.79 Å². The van der Waals surface area contributed by atoms with E-state index >= 15 is 0 Å². The Labute approximate surface area is 185 Å². The Hall–Kier alpha value is -3.06. The summed E-state index contributed by atoms with van der Waals surface area (Å²) in [7, 11) is 5.54. The van der Waals surface area contributed by atoms with E-state index in [4.69, 9.17) is 4.74 Å². The number of carbonyl (C=O) groups excluding carboxylic acids is 2. The van der Waals surface area contributed by atoms with Crippen molar-refractivity contribution >= 4 is 23.3 Å². The number of rotatable bonds is 9. The molecular weight excluding hydrogens is 392 g/mol. The normalized spacial score (nSPS) is 10.7. The van der Waals surface area contributed by atoms with Gasteiger partial charge in [0.2, 0.25) is 0 Å². The van der Waals surface area contributed by atoms with Gasteiger partial charge >= 0.3 is 6.03 Å². The lowest BCUT2D eigenvalue weighted by molar-refractivity contribution is 0.0680. The molecule has 0 fully saturated rings. The number of benzene rings is 2. The van der Waals surface area contributed by atoms with Gasteiger partial charge in [-0.2, -0.15) is 0 Å². The number of methoxy groups -OCH3 is 1. The van der Waals surface area contributed by atoms with Gasteiger partial charge in [0.1, 0.15) is 0 Å². The number of nitrogens with zero attached hydrogens (tertiary/aromatic N) is 2. The summed E-state index contributed by atoms with van der Waals surface area (Å²) in [5.74, 6) is -0.0543. The summed E-state index contributed by atoms with van der Waals surface area (Å²) in [4.78, 5) is 29.2. The third kappa shape index (κ3) is 7.29. The van der Waals surface area contributed by atoms with E-state index in [9.17, 15) is 9.59 Å². The van der Waals surface area contributed by atoms with Crippen LogP contribution in [0.2, 0.25) is 0 Å². The maximum atomic E-state index is 13.2. The Kier molecular flexibility index (Phi) is 8.88. The predicted octanol–water partition coefficient (Wildman–Crippen LogP) is 3.88. The molecule has 0 radical (unpaired) electrons. The van der Waals surface area contributed by atoms with Crippen LogP contribution in [0.4, 0.5) is 16.2 Å². The van der Waals surface area contributed by atoms with Crippen molar-refractivity contribution in [2.75, 3.05) is 44.6 Å². The second kappa shape index (κ2) is 11.4. The quantitative estimate of drug-likeness (QED) is 0.638. The van der Waals surface area contributed by atoms with Crippen molar-refractivity contribution in [3.8, 4) is 0 Å². The Bertz CT molecular complexity index is 896. The molecule has 2 N–H and O–H groups in total. The van der Waals surface area contributed by atoms with E-state index in [-0.39, 0.29) is 18.0 Å². The number of nitrogens with one attached hydrogen (secondary N) is 2. The Balaban J connectivity index is 2.33. The number of hydrogen-bond donors (Lipinski definition) is 2. The summed E-state index contributed by atoms with van der Waals surface area (Å²) in [6.45, 7) is 7.07. The first-order valence-electron chi connectivity index (χ1n) is 10.4. The summed E-state index contributed by atoms with van der Waals surface area (Å²) in [6, 6.07) is 13.1. The topological polar surface area (TPSA) is 73.9 Å². The molecule has 31 heavy (non-hydrogen) atoms. The Morgan fingerprint density at radius 3 is 2.45 bits per heavy atom. The second-order valence-electron chi connectivity index (χ2n) is 8.08. The fraction of sp³-hybridized carbons (Fsp3) is 0.417. The van der Waals surface area contributed by atoms with E-state index in [1.165, 1.54) is 0 Å². The Morgan fingerprint density at radius 2 is 1.84 bits per heavy atom.